The standard InChI is InChI=1S/C11H15N3/c12-14-7-3-4-9-8-13-11-6-2-1-5-10(9)11/h1-2,5-6,8,13-14H,3-4,7,12H2. The predicted molar refractivity (Wildman–Crippen MR) is 58.8 cm³/mol. The number of aromatic nitrogens is 1. The van der Waals surface area contributed by atoms with E-state index in [1.165, 1.54) is 16.5 Å². The number of hydrogen-bond donors (Lipinski definition) is 3. The van der Waals surface area contributed by atoms with Crippen LogP contribution in [0, 0.1) is 0 Å². The van der Waals surface area contributed by atoms with Gasteiger partial charge in [0.1, 0.15) is 0 Å². The molecule has 0 saturated heterocycles. The molecule has 3 heteroatoms. The summed E-state index contributed by atoms with van der Waals surface area (Å²) in [5.41, 5.74) is 5.25. The maximum Gasteiger partial charge on any atom is 0.0456 e. The normalized spacial score (nSPS) is 10.9. The molecule has 0 unspecified atom stereocenters. The molecule has 0 aliphatic rings. The lowest BCUT2D eigenvalue weighted by molar-refractivity contribution is 0.681. The minimum atomic E-state index is 0.861. The van der Waals surface area contributed by atoms with Crippen molar-refractivity contribution >= 4 is 10.9 Å². The molecule has 2 rings (SSSR count). The smallest absolute Gasteiger partial charge is 0.0456 e. The molecule has 0 radical (unpaired) electrons. The number of nitrogens with one attached hydrogen (secondary N) is 2. The summed E-state index contributed by atoms with van der Waals surface area (Å²) in [6, 6.07) is 8.36. The van der Waals surface area contributed by atoms with E-state index in [0.717, 1.165) is 19.4 Å². The summed E-state index contributed by atoms with van der Waals surface area (Å²) in [7, 11) is 0. The van der Waals surface area contributed by atoms with Gasteiger partial charge in [0.2, 0.25) is 0 Å². The maximum atomic E-state index is 5.22. The summed E-state index contributed by atoms with van der Waals surface area (Å²) >= 11 is 0. The molecular formula is C11H15N3. The van der Waals surface area contributed by atoms with Crippen LogP contribution in [0.4, 0.5) is 0 Å². The highest BCUT2D eigenvalue weighted by Crippen LogP contribution is 2.18. The second-order valence-electron chi connectivity index (χ2n) is 3.42. The Morgan fingerprint density at radius 1 is 1.29 bits per heavy atom. The van der Waals surface area contributed by atoms with Crippen LogP contribution in [-0.4, -0.2) is 11.5 Å². The fraction of sp³-hybridized carbons (Fsp3) is 0.273. The SMILES string of the molecule is NNCCCc1c[nH]c2ccccc12. The molecule has 1 aromatic carbocycles. The van der Waals surface area contributed by atoms with Crippen molar-refractivity contribution in [3.05, 3.63) is 36.0 Å². The fourth-order valence-corrected chi connectivity index (χ4v) is 1.72. The number of H-pyrrole nitrogens is 1. The number of hydrazine groups is 1. The summed E-state index contributed by atoms with van der Waals surface area (Å²) in [4.78, 5) is 3.26. The zero-order valence-corrected chi connectivity index (χ0v) is 8.09. The number of nitrogens with two attached hydrogens (primary N) is 1. The highest BCUT2D eigenvalue weighted by Gasteiger charge is 2.01. The van der Waals surface area contributed by atoms with Crippen molar-refractivity contribution in [2.45, 2.75) is 12.8 Å². The van der Waals surface area contributed by atoms with Crippen LogP contribution in [0.5, 0.6) is 0 Å². The van der Waals surface area contributed by atoms with Crippen LogP contribution in [0.15, 0.2) is 30.5 Å². The Kier molecular flexibility index (Phi) is 2.81. The molecule has 2 aromatic rings. The molecule has 0 spiro atoms. The average molecular weight is 189 g/mol. The number of para-hydroxylation sites is 1. The second-order valence-corrected chi connectivity index (χ2v) is 3.42. The van der Waals surface area contributed by atoms with Crippen molar-refractivity contribution < 1.29 is 0 Å². The molecule has 0 fully saturated rings. The summed E-state index contributed by atoms with van der Waals surface area (Å²) in [5.74, 6) is 5.22. The molecule has 0 bridgehead atoms. The van der Waals surface area contributed by atoms with E-state index in [1.54, 1.807) is 0 Å². The molecule has 1 aromatic heterocycles. The first-order valence-electron chi connectivity index (χ1n) is 4.90. The van der Waals surface area contributed by atoms with E-state index in [9.17, 15) is 0 Å². The minimum absolute atomic E-state index is 0.861. The Morgan fingerprint density at radius 2 is 2.14 bits per heavy atom. The molecule has 0 saturated carbocycles. The van der Waals surface area contributed by atoms with Crippen LogP contribution < -0.4 is 11.3 Å². The first-order valence-corrected chi connectivity index (χ1v) is 4.90. The highest BCUT2D eigenvalue weighted by molar-refractivity contribution is 5.82. The Labute approximate surface area is 83.3 Å². The molecule has 4 N–H and O–H groups in total. The minimum Gasteiger partial charge on any atom is -0.361 e. The van der Waals surface area contributed by atoms with Crippen LogP contribution in [0.3, 0.4) is 0 Å². The third kappa shape index (κ3) is 1.78. The molecular weight excluding hydrogens is 174 g/mol. The van der Waals surface area contributed by atoms with Gasteiger partial charge in [-0.05, 0) is 24.5 Å². The van der Waals surface area contributed by atoms with Gasteiger partial charge in [-0.3, -0.25) is 11.3 Å². The number of benzene rings is 1. The lowest BCUT2D eigenvalue weighted by atomic mass is 10.1. The Hall–Kier alpha value is -1.32. The highest BCUT2D eigenvalue weighted by atomic mass is 15.2. The third-order valence-electron chi connectivity index (χ3n) is 2.44. The Morgan fingerprint density at radius 3 is 3.00 bits per heavy atom. The Bertz CT molecular complexity index is 406. The van der Waals surface area contributed by atoms with Gasteiger partial charge in [0.15, 0.2) is 0 Å². The van der Waals surface area contributed by atoms with Gasteiger partial charge in [-0.2, -0.15) is 0 Å². The van der Waals surface area contributed by atoms with Crippen molar-refractivity contribution in [1.29, 1.82) is 0 Å². The fourth-order valence-electron chi connectivity index (χ4n) is 1.72. The molecule has 74 valence electrons. The number of rotatable bonds is 4. The molecule has 1 heterocycles. The first-order chi connectivity index (χ1) is 6.92. The molecule has 3 nitrogen and oxygen atoms in total. The van der Waals surface area contributed by atoms with Crippen LogP contribution in [0.2, 0.25) is 0 Å². The average Bonchev–Trinajstić information content (AvgIpc) is 2.63. The van der Waals surface area contributed by atoms with Crippen molar-refractivity contribution in [3.8, 4) is 0 Å². The van der Waals surface area contributed by atoms with Crippen LogP contribution in [0.1, 0.15) is 12.0 Å². The summed E-state index contributed by atoms with van der Waals surface area (Å²) in [6.45, 7) is 0.861. The summed E-state index contributed by atoms with van der Waals surface area (Å²) in [6.07, 6.45) is 4.22. The first kappa shape index (κ1) is 9.24. The van der Waals surface area contributed by atoms with Crippen molar-refractivity contribution in [1.82, 2.24) is 10.4 Å². The number of hydrogen-bond acceptors (Lipinski definition) is 2. The zero-order chi connectivity index (χ0) is 9.80. The van der Waals surface area contributed by atoms with Gasteiger partial charge >= 0.3 is 0 Å². The molecule has 14 heavy (non-hydrogen) atoms. The lowest BCUT2D eigenvalue weighted by Crippen LogP contribution is -2.23. The van der Waals surface area contributed by atoms with E-state index < -0.39 is 0 Å². The van der Waals surface area contributed by atoms with Gasteiger partial charge in [0.05, 0.1) is 0 Å². The Balaban J connectivity index is 2.17. The van der Waals surface area contributed by atoms with E-state index in [2.05, 4.69) is 34.8 Å². The topological polar surface area (TPSA) is 53.8 Å². The predicted octanol–water partition coefficient (Wildman–Crippen LogP) is 1.56. The van der Waals surface area contributed by atoms with Crippen molar-refractivity contribution in [3.63, 3.8) is 0 Å². The molecule has 0 amide bonds. The monoisotopic (exact) mass is 189 g/mol. The van der Waals surface area contributed by atoms with Gasteiger partial charge in [0.25, 0.3) is 0 Å². The van der Waals surface area contributed by atoms with E-state index >= 15 is 0 Å². The van der Waals surface area contributed by atoms with Gasteiger partial charge in [-0.25, -0.2) is 0 Å². The molecule has 0 atom stereocenters. The largest absolute Gasteiger partial charge is 0.361 e. The van der Waals surface area contributed by atoms with Crippen LogP contribution in [0.25, 0.3) is 10.9 Å². The summed E-state index contributed by atoms with van der Waals surface area (Å²) < 4.78 is 0. The van der Waals surface area contributed by atoms with Gasteiger partial charge < -0.3 is 4.98 Å². The van der Waals surface area contributed by atoms with Gasteiger partial charge in [-0.1, -0.05) is 18.2 Å². The second kappa shape index (κ2) is 4.26. The van der Waals surface area contributed by atoms with E-state index in [-0.39, 0.29) is 0 Å². The number of aromatic amines is 1. The maximum absolute atomic E-state index is 5.22. The van der Waals surface area contributed by atoms with Crippen molar-refractivity contribution in [2.24, 2.45) is 5.84 Å². The number of fused-ring (bicyclic) bond motifs is 1. The third-order valence-corrected chi connectivity index (χ3v) is 2.44. The zero-order valence-electron chi connectivity index (χ0n) is 8.09. The molecule has 0 aliphatic carbocycles. The quantitative estimate of drug-likeness (QED) is 0.388. The van der Waals surface area contributed by atoms with Crippen LogP contribution in [-0.2, 0) is 6.42 Å². The van der Waals surface area contributed by atoms with Gasteiger partial charge in [0, 0.05) is 23.6 Å². The van der Waals surface area contributed by atoms with E-state index in [4.69, 9.17) is 5.84 Å². The van der Waals surface area contributed by atoms with Gasteiger partial charge in [-0.15, -0.1) is 0 Å². The lowest BCUT2D eigenvalue weighted by Gasteiger charge is -1.98. The summed E-state index contributed by atoms with van der Waals surface area (Å²) in [5, 5.41) is 1.32. The van der Waals surface area contributed by atoms with Crippen LogP contribution >= 0.6 is 0 Å². The van der Waals surface area contributed by atoms with Crippen molar-refractivity contribution in [2.75, 3.05) is 6.54 Å². The van der Waals surface area contributed by atoms with E-state index in [1.807, 2.05) is 6.07 Å². The number of aryl methyl sites for hydroxylation is 1. The van der Waals surface area contributed by atoms with E-state index in [0.29, 0.717) is 0 Å². The molecule has 0 aliphatic heterocycles.